The number of hydrogen-bond acceptors (Lipinski definition) is 2. The highest BCUT2D eigenvalue weighted by molar-refractivity contribution is 6.43. The minimum absolute atomic E-state index is 0.195. The zero-order valence-electron chi connectivity index (χ0n) is 10.2. The van der Waals surface area contributed by atoms with Crippen LogP contribution in [-0.2, 0) is 0 Å². The molecular formula is C15H13Cl2NO. The van der Waals surface area contributed by atoms with Gasteiger partial charge in [-0.05, 0) is 18.2 Å². The van der Waals surface area contributed by atoms with Gasteiger partial charge in [0.1, 0.15) is 5.75 Å². The van der Waals surface area contributed by atoms with Gasteiger partial charge in [-0.15, -0.1) is 0 Å². The first-order valence-corrected chi connectivity index (χ1v) is 6.93. The van der Waals surface area contributed by atoms with Gasteiger partial charge in [-0.25, -0.2) is 0 Å². The highest BCUT2D eigenvalue weighted by atomic mass is 35.5. The van der Waals surface area contributed by atoms with Gasteiger partial charge in [-0.1, -0.05) is 47.5 Å². The Balaban J connectivity index is 1.91. The lowest BCUT2D eigenvalue weighted by atomic mass is 10.0. The topological polar surface area (TPSA) is 21.3 Å². The third-order valence-corrected chi connectivity index (χ3v) is 4.06. The van der Waals surface area contributed by atoms with Crippen LogP contribution in [-0.4, -0.2) is 6.61 Å². The molecule has 98 valence electrons. The van der Waals surface area contributed by atoms with E-state index in [-0.39, 0.29) is 6.04 Å². The van der Waals surface area contributed by atoms with Gasteiger partial charge >= 0.3 is 0 Å². The first-order valence-electron chi connectivity index (χ1n) is 6.18. The van der Waals surface area contributed by atoms with E-state index in [1.165, 1.54) is 0 Å². The van der Waals surface area contributed by atoms with Gasteiger partial charge in [0.05, 0.1) is 28.4 Å². The summed E-state index contributed by atoms with van der Waals surface area (Å²) < 4.78 is 5.65. The van der Waals surface area contributed by atoms with Crippen molar-refractivity contribution >= 4 is 28.9 Å². The second kappa shape index (κ2) is 5.32. The smallest absolute Gasteiger partial charge is 0.124 e. The molecule has 2 nitrogen and oxygen atoms in total. The van der Waals surface area contributed by atoms with E-state index in [2.05, 4.69) is 11.4 Å². The van der Waals surface area contributed by atoms with E-state index in [0.717, 1.165) is 23.4 Å². The summed E-state index contributed by atoms with van der Waals surface area (Å²) >= 11 is 12.2. The van der Waals surface area contributed by atoms with E-state index in [9.17, 15) is 0 Å². The number of fused-ring (bicyclic) bond motifs is 1. The summed E-state index contributed by atoms with van der Waals surface area (Å²) in [6.07, 6.45) is 0.903. The molecule has 4 heteroatoms. The van der Waals surface area contributed by atoms with Crippen molar-refractivity contribution < 1.29 is 4.74 Å². The maximum atomic E-state index is 6.21. The lowest BCUT2D eigenvalue weighted by Gasteiger charge is -2.27. The van der Waals surface area contributed by atoms with Crippen molar-refractivity contribution in [2.24, 2.45) is 0 Å². The average Bonchev–Trinajstić information content (AvgIpc) is 2.44. The van der Waals surface area contributed by atoms with Crippen molar-refractivity contribution in [3.05, 3.63) is 58.1 Å². The van der Waals surface area contributed by atoms with Crippen molar-refractivity contribution in [2.75, 3.05) is 11.9 Å². The van der Waals surface area contributed by atoms with Crippen LogP contribution in [0, 0.1) is 0 Å². The molecule has 2 aromatic rings. The minimum atomic E-state index is 0.195. The zero-order chi connectivity index (χ0) is 13.2. The molecule has 0 saturated heterocycles. The summed E-state index contributed by atoms with van der Waals surface area (Å²) in [7, 11) is 0. The minimum Gasteiger partial charge on any atom is -0.493 e. The van der Waals surface area contributed by atoms with E-state index in [4.69, 9.17) is 27.9 Å². The maximum Gasteiger partial charge on any atom is 0.124 e. The molecule has 0 amide bonds. The number of halogens is 2. The predicted octanol–water partition coefficient (Wildman–Crippen LogP) is 4.93. The van der Waals surface area contributed by atoms with Crippen molar-refractivity contribution in [1.29, 1.82) is 0 Å². The highest BCUT2D eigenvalue weighted by Gasteiger charge is 2.21. The number of rotatable bonds is 2. The van der Waals surface area contributed by atoms with Crippen LogP contribution in [0.15, 0.2) is 42.5 Å². The normalized spacial score (nSPS) is 17.5. The van der Waals surface area contributed by atoms with Crippen molar-refractivity contribution in [2.45, 2.75) is 12.5 Å². The molecule has 0 saturated carbocycles. The number of hydrogen-bond donors (Lipinski definition) is 1. The van der Waals surface area contributed by atoms with E-state index >= 15 is 0 Å². The van der Waals surface area contributed by atoms with E-state index in [1.54, 1.807) is 6.07 Å². The quantitative estimate of drug-likeness (QED) is 0.848. The van der Waals surface area contributed by atoms with Crippen molar-refractivity contribution in [3.8, 4) is 5.75 Å². The lowest BCUT2D eigenvalue weighted by Crippen LogP contribution is -2.20. The number of benzene rings is 2. The van der Waals surface area contributed by atoms with Crippen LogP contribution in [0.2, 0.25) is 10.0 Å². The molecule has 1 heterocycles. The zero-order valence-corrected chi connectivity index (χ0v) is 11.7. The van der Waals surface area contributed by atoms with Crippen LogP contribution in [0.25, 0.3) is 0 Å². The predicted molar refractivity (Wildman–Crippen MR) is 79.4 cm³/mol. The molecular weight excluding hydrogens is 281 g/mol. The van der Waals surface area contributed by atoms with E-state index in [1.807, 2.05) is 30.3 Å². The lowest BCUT2D eigenvalue weighted by molar-refractivity contribution is 0.274. The van der Waals surface area contributed by atoms with Crippen LogP contribution in [0.3, 0.4) is 0 Å². The second-order valence-corrected chi connectivity index (χ2v) is 5.26. The molecule has 1 aliphatic rings. The highest BCUT2D eigenvalue weighted by Crippen LogP contribution is 2.37. The van der Waals surface area contributed by atoms with Crippen LogP contribution >= 0.6 is 23.2 Å². The number of anilines is 1. The SMILES string of the molecule is Clc1cccc(NC2CCOc3ccccc32)c1Cl. The Kier molecular flexibility index (Phi) is 3.54. The Morgan fingerprint density at radius 1 is 1.05 bits per heavy atom. The fraction of sp³-hybridized carbons (Fsp3) is 0.200. The van der Waals surface area contributed by atoms with Crippen LogP contribution in [0.5, 0.6) is 5.75 Å². The van der Waals surface area contributed by atoms with Gasteiger partial charge in [0.2, 0.25) is 0 Å². The van der Waals surface area contributed by atoms with Crippen LogP contribution < -0.4 is 10.1 Å². The molecule has 0 bridgehead atoms. The third kappa shape index (κ3) is 2.51. The van der Waals surface area contributed by atoms with Crippen LogP contribution in [0.1, 0.15) is 18.0 Å². The van der Waals surface area contributed by atoms with Gasteiger partial charge in [0.25, 0.3) is 0 Å². The molecule has 19 heavy (non-hydrogen) atoms. The molecule has 1 N–H and O–H groups in total. The Morgan fingerprint density at radius 3 is 2.79 bits per heavy atom. The van der Waals surface area contributed by atoms with Gasteiger partial charge < -0.3 is 10.1 Å². The monoisotopic (exact) mass is 293 g/mol. The molecule has 1 atom stereocenters. The first-order chi connectivity index (χ1) is 9.25. The van der Waals surface area contributed by atoms with Gasteiger partial charge in [0, 0.05) is 12.0 Å². The van der Waals surface area contributed by atoms with Crippen molar-refractivity contribution in [1.82, 2.24) is 0 Å². The number of ether oxygens (including phenoxy) is 1. The molecule has 0 aliphatic carbocycles. The average molecular weight is 294 g/mol. The molecule has 1 aliphatic heterocycles. The first kappa shape index (κ1) is 12.6. The molecule has 0 spiro atoms. The number of para-hydroxylation sites is 1. The van der Waals surface area contributed by atoms with E-state index < -0.39 is 0 Å². The van der Waals surface area contributed by atoms with Crippen LogP contribution in [0.4, 0.5) is 5.69 Å². The molecule has 2 aromatic carbocycles. The summed E-state index contributed by atoms with van der Waals surface area (Å²) in [6.45, 7) is 0.701. The van der Waals surface area contributed by atoms with Gasteiger partial charge in [-0.2, -0.15) is 0 Å². The second-order valence-electron chi connectivity index (χ2n) is 4.47. The van der Waals surface area contributed by atoms with Crippen molar-refractivity contribution in [3.63, 3.8) is 0 Å². The Labute approximate surface area is 122 Å². The molecule has 0 radical (unpaired) electrons. The molecule has 0 fully saturated rings. The van der Waals surface area contributed by atoms with Gasteiger partial charge in [-0.3, -0.25) is 0 Å². The van der Waals surface area contributed by atoms with Gasteiger partial charge in [0.15, 0.2) is 0 Å². The molecule has 0 aromatic heterocycles. The molecule has 1 unspecified atom stereocenters. The standard InChI is InChI=1S/C15H13Cl2NO/c16-11-5-3-6-13(15(11)17)18-12-8-9-19-14-7-2-1-4-10(12)14/h1-7,12,18H,8-9H2. The van der Waals surface area contributed by atoms with E-state index in [0.29, 0.717) is 16.7 Å². The Bertz CT molecular complexity index is 600. The fourth-order valence-corrected chi connectivity index (χ4v) is 2.65. The fourth-order valence-electron chi connectivity index (χ4n) is 2.29. The Morgan fingerprint density at radius 2 is 1.89 bits per heavy atom. The summed E-state index contributed by atoms with van der Waals surface area (Å²) in [5.74, 6) is 0.935. The maximum absolute atomic E-state index is 6.21. The number of nitrogens with one attached hydrogen (secondary N) is 1. The summed E-state index contributed by atoms with van der Waals surface area (Å²) in [6, 6.07) is 13.9. The molecule has 3 rings (SSSR count). The summed E-state index contributed by atoms with van der Waals surface area (Å²) in [4.78, 5) is 0. The Hall–Kier alpha value is -1.38. The summed E-state index contributed by atoms with van der Waals surface area (Å²) in [5, 5.41) is 4.57. The third-order valence-electron chi connectivity index (χ3n) is 3.24. The summed E-state index contributed by atoms with van der Waals surface area (Å²) in [5.41, 5.74) is 2.01. The largest absolute Gasteiger partial charge is 0.493 e.